The summed E-state index contributed by atoms with van der Waals surface area (Å²) in [5.41, 5.74) is 8.10. The van der Waals surface area contributed by atoms with Crippen LogP contribution in [0.15, 0.2) is 28.7 Å². The lowest BCUT2D eigenvalue weighted by molar-refractivity contribution is 0.180. The van der Waals surface area contributed by atoms with E-state index in [4.69, 9.17) is 10.2 Å². The lowest BCUT2D eigenvalue weighted by atomic mass is 9.96. The standard InChI is InChI=1S/C16H22N2O.ClH/c1-12-15(14-4-2-3-5-16(14)19-12)11-18-8-6-13(10-17)7-9-18;/h2-5,13H,6-11,17H2,1H3;1H. The summed E-state index contributed by atoms with van der Waals surface area (Å²) >= 11 is 0. The molecule has 0 spiro atoms. The van der Waals surface area contributed by atoms with E-state index in [-0.39, 0.29) is 12.4 Å². The molecule has 1 aliphatic rings. The fourth-order valence-corrected chi connectivity index (χ4v) is 3.02. The molecule has 1 aliphatic heterocycles. The van der Waals surface area contributed by atoms with Crippen LogP contribution in [0.4, 0.5) is 0 Å². The first kappa shape index (κ1) is 15.4. The largest absolute Gasteiger partial charge is 0.461 e. The van der Waals surface area contributed by atoms with E-state index in [1.807, 2.05) is 12.1 Å². The van der Waals surface area contributed by atoms with E-state index in [0.717, 1.165) is 43.4 Å². The first-order chi connectivity index (χ1) is 9.28. The van der Waals surface area contributed by atoms with E-state index < -0.39 is 0 Å². The molecular formula is C16H23ClN2O. The highest BCUT2D eigenvalue weighted by molar-refractivity contribution is 5.85. The molecule has 0 aliphatic carbocycles. The number of furan rings is 1. The molecule has 1 aromatic heterocycles. The second-order valence-electron chi connectivity index (χ2n) is 5.59. The maximum Gasteiger partial charge on any atom is 0.134 e. The molecule has 1 aromatic carbocycles. The Bertz CT molecular complexity index is 559. The number of aryl methyl sites for hydroxylation is 1. The highest BCUT2D eigenvalue weighted by Crippen LogP contribution is 2.27. The molecule has 3 nitrogen and oxygen atoms in total. The average molecular weight is 295 g/mol. The maximum absolute atomic E-state index is 5.84. The first-order valence-corrected chi connectivity index (χ1v) is 7.17. The van der Waals surface area contributed by atoms with Crippen molar-refractivity contribution in [3.05, 3.63) is 35.6 Å². The number of hydrogen-bond donors (Lipinski definition) is 1. The summed E-state index contributed by atoms with van der Waals surface area (Å²) in [6, 6.07) is 8.32. The Labute approximate surface area is 126 Å². The van der Waals surface area contributed by atoms with Crippen LogP contribution in [-0.2, 0) is 6.54 Å². The highest BCUT2D eigenvalue weighted by Gasteiger charge is 2.20. The van der Waals surface area contributed by atoms with Gasteiger partial charge in [-0.3, -0.25) is 4.90 Å². The van der Waals surface area contributed by atoms with Gasteiger partial charge in [-0.25, -0.2) is 0 Å². The van der Waals surface area contributed by atoms with Gasteiger partial charge >= 0.3 is 0 Å². The lowest BCUT2D eigenvalue weighted by Gasteiger charge is -2.31. The third kappa shape index (κ3) is 3.00. The summed E-state index contributed by atoms with van der Waals surface area (Å²) in [5.74, 6) is 1.78. The van der Waals surface area contributed by atoms with Gasteiger partial charge in [-0.1, -0.05) is 18.2 Å². The van der Waals surface area contributed by atoms with Crippen molar-refractivity contribution < 1.29 is 4.42 Å². The Hall–Kier alpha value is -1.03. The molecule has 0 radical (unpaired) electrons. The van der Waals surface area contributed by atoms with Crippen molar-refractivity contribution in [1.29, 1.82) is 0 Å². The third-order valence-corrected chi connectivity index (χ3v) is 4.32. The number of halogens is 1. The van der Waals surface area contributed by atoms with Gasteiger partial charge in [-0.15, -0.1) is 12.4 Å². The molecule has 1 fully saturated rings. The van der Waals surface area contributed by atoms with Gasteiger partial charge in [-0.2, -0.15) is 0 Å². The predicted molar refractivity (Wildman–Crippen MR) is 85.3 cm³/mol. The van der Waals surface area contributed by atoms with E-state index in [2.05, 4.69) is 24.0 Å². The fourth-order valence-electron chi connectivity index (χ4n) is 3.02. The number of benzene rings is 1. The van der Waals surface area contributed by atoms with Gasteiger partial charge in [0.2, 0.25) is 0 Å². The number of rotatable bonds is 3. The smallest absolute Gasteiger partial charge is 0.134 e. The molecule has 2 N–H and O–H groups in total. The van der Waals surface area contributed by atoms with E-state index in [9.17, 15) is 0 Å². The van der Waals surface area contributed by atoms with Crippen molar-refractivity contribution in [2.24, 2.45) is 11.7 Å². The minimum absolute atomic E-state index is 0. The molecule has 4 heteroatoms. The number of para-hydroxylation sites is 1. The van der Waals surface area contributed by atoms with Gasteiger partial charge < -0.3 is 10.2 Å². The fraction of sp³-hybridized carbons (Fsp3) is 0.500. The Morgan fingerprint density at radius 3 is 2.65 bits per heavy atom. The van der Waals surface area contributed by atoms with Crippen LogP contribution in [-0.4, -0.2) is 24.5 Å². The normalized spacial score (nSPS) is 17.3. The number of hydrogen-bond acceptors (Lipinski definition) is 3. The van der Waals surface area contributed by atoms with Crippen molar-refractivity contribution in [2.45, 2.75) is 26.3 Å². The highest BCUT2D eigenvalue weighted by atomic mass is 35.5. The topological polar surface area (TPSA) is 42.4 Å². The molecule has 2 aromatic rings. The van der Waals surface area contributed by atoms with E-state index in [1.54, 1.807) is 0 Å². The summed E-state index contributed by atoms with van der Waals surface area (Å²) in [6.07, 6.45) is 2.46. The molecule has 3 rings (SSSR count). The first-order valence-electron chi connectivity index (χ1n) is 7.17. The molecular weight excluding hydrogens is 272 g/mol. The quantitative estimate of drug-likeness (QED) is 0.944. The maximum atomic E-state index is 5.84. The van der Waals surface area contributed by atoms with Crippen molar-refractivity contribution in [1.82, 2.24) is 4.90 Å². The predicted octanol–water partition coefficient (Wildman–Crippen LogP) is 3.33. The molecule has 1 saturated heterocycles. The second kappa shape index (κ2) is 6.61. The number of fused-ring (bicyclic) bond motifs is 1. The summed E-state index contributed by atoms with van der Waals surface area (Å²) < 4.78 is 5.84. The van der Waals surface area contributed by atoms with E-state index >= 15 is 0 Å². The van der Waals surface area contributed by atoms with Crippen molar-refractivity contribution in [3.8, 4) is 0 Å². The SMILES string of the molecule is Cc1oc2ccccc2c1CN1CCC(CN)CC1.Cl. The van der Waals surface area contributed by atoms with Crippen LogP contribution in [0.5, 0.6) is 0 Å². The molecule has 20 heavy (non-hydrogen) atoms. The second-order valence-corrected chi connectivity index (χ2v) is 5.59. The Morgan fingerprint density at radius 1 is 1.25 bits per heavy atom. The van der Waals surface area contributed by atoms with Gasteiger partial charge in [0.25, 0.3) is 0 Å². The minimum atomic E-state index is 0. The Balaban J connectivity index is 0.00000147. The van der Waals surface area contributed by atoms with Crippen LogP contribution in [0, 0.1) is 12.8 Å². The monoisotopic (exact) mass is 294 g/mol. The van der Waals surface area contributed by atoms with E-state index in [0.29, 0.717) is 0 Å². The molecule has 2 heterocycles. The van der Waals surface area contributed by atoms with Crippen molar-refractivity contribution >= 4 is 23.4 Å². The van der Waals surface area contributed by atoms with Gasteiger partial charge in [0.05, 0.1) is 0 Å². The van der Waals surface area contributed by atoms with Crippen LogP contribution < -0.4 is 5.73 Å². The summed E-state index contributed by atoms with van der Waals surface area (Å²) in [6.45, 7) is 6.21. The molecule has 0 unspecified atom stereocenters. The Morgan fingerprint density at radius 2 is 1.95 bits per heavy atom. The van der Waals surface area contributed by atoms with Crippen LogP contribution in [0.1, 0.15) is 24.2 Å². The van der Waals surface area contributed by atoms with Crippen molar-refractivity contribution in [3.63, 3.8) is 0 Å². The number of piperidine rings is 1. The molecule has 0 saturated carbocycles. The number of nitrogens with zero attached hydrogens (tertiary/aromatic N) is 1. The molecule has 0 amide bonds. The number of likely N-dealkylation sites (tertiary alicyclic amines) is 1. The molecule has 110 valence electrons. The summed E-state index contributed by atoms with van der Waals surface area (Å²) in [5, 5.41) is 1.26. The number of nitrogens with two attached hydrogens (primary N) is 1. The van der Waals surface area contributed by atoms with Gasteiger partial charge in [0.15, 0.2) is 0 Å². The van der Waals surface area contributed by atoms with Crippen LogP contribution in [0.3, 0.4) is 0 Å². The van der Waals surface area contributed by atoms with Gasteiger partial charge in [-0.05, 0) is 51.4 Å². The molecule has 0 bridgehead atoms. The van der Waals surface area contributed by atoms with Crippen LogP contribution in [0.2, 0.25) is 0 Å². The van der Waals surface area contributed by atoms with Crippen LogP contribution >= 0.6 is 12.4 Å². The zero-order chi connectivity index (χ0) is 13.2. The van der Waals surface area contributed by atoms with Crippen LogP contribution in [0.25, 0.3) is 11.0 Å². The summed E-state index contributed by atoms with van der Waals surface area (Å²) in [7, 11) is 0. The average Bonchev–Trinajstić information content (AvgIpc) is 2.76. The minimum Gasteiger partial charge on any atom is -0.461 e. The van der Waals surface area contributed by atoms with Gasteiger partial charge in [0, 0.05) is 17.5 Å². The van der Waals surface area contributed by atoms with Crippen molar-refractivity contribution in [2.75, 3.05) is 19.6 Å². The lowest BCUT2D eigenvalue weighted by Crippen LogP contribution is -2.35. The zero-order valence-corrected chi connectivity index (χ0v) is 12.8. The molecule has 0 atom stereocenters. The Kier molecular flexibility index (Phi) is 5.08. The summed E-state index contributed by atoms with van der Waals surface area (Å²) in [4.78, 5) is 2.52. The van der Waals surface area contributed by atoms with Gasteiger partial charge in [0.1, 0.15) is 11.3 Å². The van der Waals surface area contributed by atoms with E-state index in [1.165, 1.54) is 23.8 Å². The zero-order valence-electron chi connectivity index (χ0n) is 12.0. The third-order valence-electron chi connectivity index (χ3n) is 4.32.